The fourth-order valence-corrected chi connectivity index (χ4v) is 3.76. The Labute approximate surface area is 156 Å². The Balaban J connectivity index is 0.000000758. The molecule has 2 aromatic heterocycles. The lowest BCUT2D eigenvalue weighted by Gasteiger charge is -2.33. The molecule has 8 nitrogen and oxygen atoms in total. The molecule has 1 saturated heterocycles. The molecule has 0 aliphatic carbocycles. The third-order valence-electron chi connectivity index (χ3n) is 4.31. The maximum absolute atomic E-state index is 10.4. The summed E-state index contributed by atoms with van der Waals surface area (Å²) in [6.45, 7) is 2.93. The standard InChI is InChI=1S/C16H23N3O3S.CH2O2/c1-21-9-6-14-17-15(22-18-14)11-19-7-4-12(5-8-19)16(20)13-3-2-10-23-13;2-1-3/h2-3,10,12,16,20H,4-9,11H2,1H3;1H,(H,2,3). The summed E-state index contributed by atoms with van der Waals surface area (Å²) < 4.78 is 10.3. The molecule has 0 bridgehead atoms. The summed E-state index contributed by atoms with van der Waals surface area (Å²) in [5.74, 6) is 1.70. The zero-order valence-corrected chi connectivity index (χ0v) is 15.6. The van der Waals surface area contributed by atoms with Crippen molar-refractivity contribution in [1.29, 1.82) is 0 Å². The number of nitrogens with zero attached hydrogens (tertiary/aromatic N) is 3. The number of aromatic nitrogens is 2. The van der Waals surface area contributed by atoms with E-state index in [1.165, 1.54) is 0 Å². The molecule has 1 aliphatic heterocycles. The largest absolute Gasteiger partial charge is 0.483 e. The van der Waals surface area contributed by atoms with Crippen molar-refractivity contribution in [2.75, 3.05) is 26.8 Å². The van der Waals surface area contributed by atoms with Gasteiger partial charge in [0, 0.05) is 18.4 Å². The van der Waals surface area contributed by atoms with E-state index < -0.39 is 0 Å². The summed E-state index contributed by atoms with van der Waals surface area (Å²) >= 11 is 1.63. The van der Waals surface area contributed by atoms with Gasteiger partial charge in [0.25, 0.3) is 6.47 Å². The highest BCUT2D eigenvalue weighted by Gasteiger charge is 2.27. The maximum Gasteiger partial charge on any atom is 0.290 e. The van der Waals surface area contributed by atoms with E-state index in [1.54, 1.807) is 18.4 Å². The fraction of sp³-hybridized carbons (Fsp3) is 0.588. The van der Waals surface area contributed by atoms with Crippen LogP contribution >= 0.6 is 11.3 Å². The van der Waals surface area contributed by atoms with Gasteiger partial charge in [-0.2, -0.15) is 4.98 Å². The highest BCUT2D eigenvalue weighted by Crippen LogP contribution is 2.33. The van der Waals surface area contributed by atoms with Crippen LogP contribution in [0.4, 0.5) is 0 Å². The van der Waals surface area contributed by atoms with Gasteiger partial charge < -0.3 is 19.5 Å². The number of likely N-dealkylation sites (tertiary alicyclic amines) is 1. The molecule has 2 aromatic rings. The van der Waals surface area contributed by atoms with E-state index in [0.29, 0.717) is 37.2 Å². The first-order valence-corrected chi connectivity index (χ1v) is 9.38. The summed E-state index contributed by atoms with van der Waals surface area (Å²) in [4.78, 5) is 16.1. The minimum atomic E-state index is -0.332. The fourth-order valence-electron chi connectivity index (χ4n) is 2.96. The van der Waals surface area contributed by atoms with E-state index in [9.17, 15) is 5.11 Å². The topological polar surface area (TPSA) is 109 Å². The van der Waals surface area contributed by atoms with Crippen LogP contribution in [0.3, 0.4) is 0 Å². The molecular weight excluding hydrogens is 358 g/mol. The second-order valence-corrected chi connectivity index (χ2v) is 7.01. The van der Waals surface area contributed by atoms with Gasteiger partial charge in [-0.05, 0) is 43.3 Å². The van der Waals surface area contributed by atoms with Crippen LogP contribution in [0.2, 0.25) is 0 Å². The van der Waals surface area contributed by atoms with Crippen LogP contribution in [0.1, 0.15) is 35.5 Å². The number of ether oxygens (including phenoxy) is 1. The van der Waals surface area contributed by atoms with Crippen LogP contribution in [0.25, 0.3) is 0 Å². The molecule has 1 aliphatic rings. The summed E-state index contributed by atoms with van der Waals surface area (Å²) in [7, 11) is 1.66. The van der Waals surface area contributed by atoms with Crippen LogP contribution in [0.15, 0.2) is 22.0 Å². The number of thiophene rings is 1. The summed E-state index contributed by atoms with van der Waals surface area (Å²) in [5, 5.41) is 23.3. The van der Waals surface area contributed by atoms with Gasteiger partial charge >= 0.3 is 0 Å². The first kappa shape index (κ1) is 20.5. The van der Waals surface area contributed by atoms with Gasteiger partial charge in [0.15, 0.2) is 5.82 Å². The summed E-state index contributed by atoms with van der Waals surface area (Å²) in [5.41, 5.74) is 0. The van der Waals surface area contributed by atoms with Crippen molar-refractivity contribution in [3.63, 3.8) is 0 Å². The van der Waals surface area contributed by atoms with Gasteiger partial charge in [0.05, 0.1) is 19.3 Å². The molecule has 26 heavy (non-hydrogen) atoms. The molecule has 2 N–H and O–H groups in total. The molecule has 0 saturated carbocycles. The van der Waals surface area contributed by atoms with Crippen molar-refractivity contribution >= 4 is 17.8 Å². The summed E-state index contributed by atoms with van der Waals surface area (Å²) in [6, 6.07) is 4.01. The Bertz CT molecular complexity index is 626. The zero-order chi connectivity index (χ0) is 18.8. The lowest BCUT2D eigenvalue weighted by atomic mass is 9.90. The molecule has 3 heterocycles. The predicted molar refractivity (Wildman–Crippen MR) is 95.9 cm³/mol. The van der Waals surface area contributed by atoms with Crippen LogP contribution in [-0.2, 0) is 22.5 Å². The Morgan fingerprint density at radius 3 is 2.85 bits per heavy atom. The lowest BCUT2D eigenvalue weighted by molar-refractivity contribution is -0.122. The molecular formula is C17H25N3O5S. The van der Waals surface area contributed by atoms with Crippen LogP contribution < -0.4 is 0 Å². The molecule has 144 valence electrons. The van der Waals surface area contributed by atoms with Crippen LogP contribution in [-0.4, -0.2) is 58.5 Å². The lowest BCUT2D eigenvalue weighted by Crippen LogP contribution is -2.35. The van der Waals surface area contributed by atoms with Crippen molar-refractivity contribution in [3.05, 3.63) is 34.1 Å². The molecule has 1 fully saturated rings. The summed E-state index contributed by atoms with van der Waals surface area (Å²) in [6.07, 6.45) is 2.32. The number of hydrogen-bond donors (Lipinski definition) is 2. The second-order valence-electron chi connectivity index (χ2n) is 6.03. The number of aliphatic hydroxyl groups is 1. The molecule has 0 spiro atoms. The molecule has 0 radical (unpaired) electrons. The van der Waals surface area contributed by atoms with Gasteiger partial charge in [-0.25, -0.2) is 0 Å². The first-order chi connectivity index (χ1) is 12.7. The minimum absolute atomic E-state index is 0.250. The monoisotopic (exact) mass is 383 g/mol. The molecule has 1 atom stereocenters. The zero-order valence-electron chi connectivity index (χ0n) is 14.8. The van der Waals surface area contributed by atoms with E-state index in [2.05, 4.69) is 15.0 Å². The SMILES string of the molecule is COCCc1noc(CN2CCC(C(O)c3cccs3)CC2)n1.O=CO. The van der Waals surface area contributed by atoms with Gasteiger partial charge in [-0.15, -0.1) is 11.3 Å². The Hall–Kier alpha value is -1.81. The number of aliphatic hydroxyl groups excluding tert-OH is 1. The second kappa shape index (κ2) is 11.0. The van der Waals surface area contributed by atoms with E-state index in [4.69, 9.17) is 19.2 Å². The third-order valence-corrected chi connectivity index (χ3v) is 5.26. The average molecular weight is 383 g/mol. The molecule has 0 amide bonds. The number of methoxy groups -OCH3 is 1. The molecule has 3 rings (SSSR count). The van der Waals surface area contributed by atoms with Crippen molar-refractivity contribution in [1.82, 2.24) is 15.0 Å². The Morgan fingerprint density at radius 2 is 2.23 bits per heavy atom. The number of piperidine rings is 1. The Kier molecular flexibility index (Phi) is 8.69. The smallest absolute Gasteiger partial charge is 0.290 e. The highest BCUT2D eigenvalue weighted by atomic mass is 32.1. The van der Waals surface area contributed by atoms with Gasteiger partial charge in [0.1, 0.15) is 0 Å². The van der Waals surface area contributed by atoms with Crippen molar-refractivity contribution in [3.8, 4) is 0 Å². The van der Waals surface area contributed by atoms with E-state index >= 15 is 0 Å². The minimum Gasteiger partial charge on any atom is -0.483 e. The van der Waals surface area contributed by atoms with Crippen molar-refractivity contribution in [2.45, 2.75) is 31.9 Å². The molecule has 9 heteroatoms. The molecule has 1 unspecified atom stereocenters. The Morgan fingerprint density at radius 1 is 1.50 bits per heavy atom. The van der Waals surface area contributed by atoms with E-state index in [-0.39, 0.29) is 12.6 Å². The van der Waals surface area contributed by atoms with Crippen LogP contribution in [0.5, 0.6) is 0 Å². The molecule has 0 aromatic carbocycles. The van der Waals surface area contributed by atoms with Gasteiger partial charge in [-0.3, -0.25) is 9.69 Å². The normalized spacial score (nSPS) is 16.7. The number of carbonyl (C=O) groups is 1. The average Bonchev–Trinajstić information content (AvgIpc) is 3.33. The first-order valence-electron chi connectivity index (χ1n) is 8.50. The van der Waals surface area contributed by atoms with E-state index in [0.717, 1.165) is 30.8 Å². The van der Waals surface area contributed by atoms with Gasteiger partial charge in [-0.1, -0.05) is 11.2 Å². The van der Waals surface area contributed by atoms with E-state index in [1.807, 2.05) is 17.5 Å². The number of rotatable bonds is 7. The van der Waals surface area contributed by atoms with Gasteiger partial charge in [0.2, 0.25) is 5.89 Å². The highest BCUT2D eigenvalue weighted by molar-refractivity contribution is 7.10. The number of carboxylic acid groups (broad SMARTS) is 1. The number of hydrogen-bond acceptors (Lipinski definition) is 8. The van der Waals surface area contributed by atoms with Crippen LogP contribution in [0, 0.1) is 5.92 Å². The third kappa shape index (κ3) is 6.17. The maximum atomic E-state index is 10.4. The quantitative estimate of drug-likeness (QED) is 0.699. The van der Waals surface area contributed by atoms with Crippen molar-refractivity contribution < 1.29 is 24.3 Å². The predicted octanol–water partition coefficient (Wildman–Crippen LogP) is 1.97. The van der Waals surface area contributed by atoms with Crippen molar-refractivity contribution in [2.24, 2.45) is 5.92 Å².